The Labute approximate surface area is 164 Å². The van der Waals surface area contributed by atoms with E-state index in [0.717, 1.165) is 11.1 Å². The molecule has 0 bridgehead atoms. The van der Waals surface area contributed by atoms with Crippen molar-refractivity contribution >= 4 is 5.97 Å². The van der Waals surface area contributed by atoms with Crippen LogP contribution in [0.1, 0.15) is 17.5 Å². The first-order chi connectivity index (χ1) is 13.6. The number of esters is 1. The lowest BCUT2D eigenvalue weighted by atomic mass is 9.85. The zero-order valence-electron chi connectivity index (χ0n) is 16.0. The minimum atomic E-state index is -0.685. The topological polar surface area (TPSA) is 56.6 Å². The molecule has 1 aliphatic heterocycles. The molecule has 0 aliphatic carbocycles. The van der Waals surface area contributed by atoms with Gasteiger partial charge < -0.3 is 9.30 Å². The minimum absolute atomic E-state index is 0.390. The SMILES string of the molecule is Cc1ccc(OC(=O)C2CC(Cn3ccnc3)(c3ccccc3)N(C)O2)cc1. The van der Waals surface area contributed by atoms with Crippen LogP contribution in [0.25, 0.3) is 0 Å². The number of aryl methyl sites for hydroxylation is 1. The molecule has 6 heteroatoms. The molecule has 6 nitrogen and oxygen atoms in total. The van der Waals surface area contributed by atoms with Gasteiger partial charge in [0.25, 0.3) is 0 Å². The molecule has 1 aromatic heterocycles. The normalized spacial score (nSPS) is 22.3. The van der Waals surface area contributed by atoms with Gasteiger partial charge in [-0.3, -0.25) is 4.84 Å². The molecule has 2 heterocycles. The molecule has 2 unspecified atom stereocenters. The summed E-state index contributed by atoms with van der Waals surface area (Å²) in [5, 5.41) is 1.78. The Balaban J connectivity index is 1.59. The van der Waals surface area contributed by atoms with E-state index in [1.165, 1.54) is 0 Å². The van der Waals surface area contributed by atoms with E-state index in [1.54, 1.807) is 29.7 Å². The van der Waals surface area contributed by atoms with Crippen LogP contribution in [-0.4, -0.2) is 33.7 Å². The molecule has 144 valence electrons. The van der Waals surface area contributed by atoms with Crippen LogP contribution in [0.3, 0.4) is 0 Å². The highest BCUT2D eigenvalue weighted by Crippen LogP contribution is 2.41. The largest absolute Gasteiger partial charge is 0.425 e. The summed E-state index contributed by atoms with van der Waals surface area (Å²) in [6.07, 6.45) is 5.23. The Morgan fingerprint density at radius 1 is 1.21 bits per heavy atom. The number of rotatable bonds is 5. The first kappa shape index (κ1) is 18.4. The maximum atomic E-state index is 12.8. The highest BCUT2D eigenvalue weighted by Gasteiger charge is 2.50. The fraction of sp³-hybridized carbons (Fsp3) is 0.273. The summed E-state index contributed by atoms with van der Waals surface area (Å²) < 4.78 is 7.56. The molecule has 1 aliphatic rings. The molecule has 28 heavy (non-hydrogen) atoms. The second-order valence-electron chi connectivity index (χ2n) is 7.16. The smallest absolute Gasteiger partial charge is 0.342 e. The van der Waals surface area contributed by atoms with Gasteiger partial charge in [0, 0.05) is 32.4 Å². The molecular weight excluding hydrogens is 354 g/mol. The van der Waals surface area contributed by atoms with Crippen LogP contribution in [0.15, 0.2) is 73.3 Å². The van der Waals surface area contributed by atoms with Crippen LogP contribution in [0.5, 0.6) is 5.75 Å². The highest BCUT2D eigenvalue weighted by atomic mass is 16.7. The molecular formula is C22H23N3O3. The van der Waals surface area contributed by atoms with Gasteiger partial charge >= 0.3 is 5.97 Å². The van der Waals surface area contributed by atoms with Crippen molar-refractivity contribution in [1.29, 1.82) is 0 Å². The summed E-state index contributed by atoms with van der Waals surface area (Å²) in [5.41, 5.74) is 1.69. The molecule has 0 N–H and O–H groups in total. The molecule has 1 saturated heterocycles. The number of likely N-dealkylation sites (N-methyl/N-ethyl adjacent to an activating group) is 1. The van der Waals surface area contributed by atoms with Gasteiger partial charge in [-0.2, -0.15) is 5.06 Å². The molecule has 2 aromatic carbocycles. The van der Waals surface area contributed by atoms with Crippen molar-refractivity contribution in [2.24, 2.45) is 0 Å². The third-order valence-electron chi connectivity index (χ3n) is 5.23. The highest BCUT2D eigenvalue weighted by molar-refractivity contribution is 5.77. The predicted octanol–water partition coefficient (Wildman–Crippen LogP) is 3.33. The van der Waals surface area contributed by atoms with E-state index < -0.39 is 11.6 Å². The molecule has 0 saturated carbocycles. The van der Waals surface area contributed by atoms with Crippen molar-refractivity contribution in [3.63, 3.8) is 0 Å². The van der Waals surface area contributed by atoms with Crippen LogP contribution >= 0.6 is 0 Å². The number of hydrogen-bond acceptors (Lipinski definition) is 5. The number of imidazole rings is 1. The molecule has 3 aromatic rings. The van der Waals surface area contributed by atoms with Crippen LogP contribution < -0.4 is 4.74 Å². The van der Waals surface area contributed by atoms with Crippen molar-refractivity contribution in [3.8, 4) is 5.75 Å². The summed E-state index contributed by atoms with van der Waals surface area (Å²) >= 11 is 0. The van der Waals surface area contributed by atoms with Crippen LogP contribution in [0, 0.1) is 6.92 Å². The molecule has 0 amide bonds. The van der Waals surface area contributed by atoms with Crippen LogP contribution in [0.4, 0.5) is 0 Å². The number of carbonyl (C=O) groups excluding carboxylic acids is 1. The average Bonchev–Trinajstić information content (AvgIpc) is 3.33. The second-order valence-corrected chi connectivity index (χ2v) is 7.16. The summed E-state index contributed by atoms with van der Waals surface area (Å²) in [7, 11) is 1.86. The predicted molar refractivity (Wildman–Crippen MR) is 104 cm³/mol. The van der Waals surface area contributed by atoms with Crippen molar-refractivity contribution < 1.29 is 14.4 Å². The number of aromatic nitrogens is 2. The summed E-state index contributed by atoms with van der Waals surface area (Å²) in [4.78, 5) is 22.9. The van der Waals surface area contributed by atoms with Gasteiger partial charge in [-0.1, -0.05) is 48.0 Å². The average molecular weight is 377 g/mol. The summed E-state index contributed by atoms with van der Waals surface area (Å²) in [6.45, 7) is 2.60. The number of hydrogen-bond donors (Lipinski definition) is 0. The van der Waals surface area contributed by atoms with Crippen LogP contribution in [-0.2, 0) is 21.7 Å². The van der Waals surface area contributed by atoms with Crippen molar-refractivity contribution in [2.75, 3.05) is 7.05 Å². The third kappa shape index (κ3) is 3.56. The fourth-order valence-corrected chi connectivity index (χ4v) is 3.66. The summed E-state index contributed by atoms with van der Waals surface area (Å²) in [5.74, 6) is 0.132. The first-order valence-electron chi connectivity index (χ1n) is 9.27. The quantitative estimate of drug-likeness (QED) is 0.504. The molecule has 0 spiro atoms. The monoisotopic (exact) mass is 377 g/mol. The van der Waals surface area contributed by atoms with Crippen molar-refractivity contribution in [1.82, 2.24) is 14.6 Å². The van der Waals surface area contributed by atoms with E-state index in [9.17, 15) is 4.79 Å². The van der Waals surface area contributed by atoms with Gasteiger partial charge in [-0.15, -0.1) is 0 Å². The van der Waals surface area contributed by atoms with Gasteiger partial charge in [0.1, 0.15) is 5.75 Å². The molecule has 2 atom stereocenters. The van der Waals surface area contributed by atoms with E-state index in [-0.39, 0.29) is 5.97 Å². The lowest BCUT2D eigenvalue weighted by Gasteiger charge is -2.34. The number of nitrogens with zero attached hydrogens (tertiary/aromatic N) is 3. The standard InChI is InChI=1S/C22H23N3O3/c1-17-8-10-19(11-9-17)27-21(26)20-14-22(24(2)28-20,15-25-13-12-23-16-25)18-6-4-3-5-7-18/h3-13,16,20H,14-15H2,1-2H3. The number of benzene rings is 2. The maximum Gasteiger partial charge on any atom is 0.342 e. The Kier molecular flexibility index (Phi) is 4.98. The Bertz CT molecular complexity index is 925. The van der Waals surface area contributed by atoms with E-state index in [2.05, 4.69) is 17.1 Å². The number of hydroxylamine groups is 2. The number of carbonyl (C=O) groups is 1. The first-order valence-corrected chi connectivity index (χ1v) is 9.27. The van der Waals surface area contributed by atoms with Crippen LogP contribution in [0.2, 0.25) is 0 Å². The third-order valence-corrected chi connectivity index (χ3v) is 5.23. The second kappa shape index (κ2) is 7.58. The minimum Gasteiger partial charge on any atom is -0.425 e. The van der Waals surface area contributed by atoms with Gasteiger partial charge in [0.05, 0.1) is 11.9 Å². The fourth-order valence-electron chi connectivity index (χ4n) is 3.66. The molecule has 1 fully saturated rings. The Morgan fingerprint density at radius 2 is 1.96 bits per heavy atom. The van der Waals surface area contributed by atoms with Crippen molar-refractivity contribution in [2.45, 2.75) is 31.5 Å². The Hall–Kier alpha value is -2.96. The molecule has 4 rings (SSSR count). The maximum absolute atomic E-state index is 12.8. The molecule has 0 radical (unpaired) electrons. The van der Waals surface area contributed by atoms with Gasteiger partial charge in [0.15, 0.2) is 6.10 Å². The van der Waals surface area contributed by atoms with Gasteiger partial charge in [-0.25, -0.2) is 9.78 Å². The lowest BCUT2D eigenvalue weighted by molar-refractivity contribution is -0.188. The van der Waals surface area contributed by atoms with Gasteiger partial charge in [0.2, 0.25) is 0 Å². The Morgan fingerprint density at radius 3 is 2.64 bits per heavy atom. The lowest BCUT2D eigenvalue weighted by Crippen LogP contribution is -2.41. The van der Waals surface area contributed by atoms with E-state index in [1.807, 2.05) is 55.1 Å². The van der Waals surface area contributed by atoms with E-state index >= 15 is 0 Å². The number of ether oxygens (including phenoxy) is 1. The zero-order valence-corrected chi connectivity index (χ0v) is 16.0. The van der Waals surface area contributed by atoms with Crippen molar-refractivity contribution in [3.05, 3.63) is 84.4 Å². The van der Waals surface area contributed by atoms with E-state index in [4.69, 9.17) is 9.57 Å². The van der Waals surface area contributed by atoms with Gasteiger partial charge in [-0.05, 0) is 24.6 Å². The summed E-state index contributed by atoms with van der Waals surface area (Å²) in [6, 6.07) is 17.5. The zero-order chi connectivity index (χ0) is 19.6. The van der Waals surface area contributed by atoms with E-state index in [0.29, 0.717) is 18.7 Å².